The molecule has 0 radical (unpaired) electrons. The first kappa shape index (κ1) is 12.4. The van der Waals surface area contributed by atoms with E-state index in [-0.39, 0.29) is 10.5 Å². The standard InChI is InChI=1S/C11H10BrF2NO2/c12-9-7(13)2-1-6(10(9)14)8-3-5(4-15-8)11(16)17/h1-2,5,8,15H,3-4H2,(H,16,17). The molecule has 2 atom stereocenters. The Kier molecular flexibility index (Phi) is 3.44. The highest BCUT2D eigenvalue weighted by Crippen LogP contribution is 2.32. The number of aliphatic carboxylic acids is 1. The highest BCUT2D eigenvalue weighted by atomic mass is 79.9. The molecule has 0 aromatic heterocycles. The first-order chi connectivity index (χ1) is 8.00. The van der Waals surface area contributed by atoms with Gasteiger partial charge in [0.2, 0.25) is 0 Å². The van der Waals surface area contributed by atoms with Crippen LogP contribution in [0.25, 0.3) is 0 Å². The van der Waals surface area contributed by atoms with Crippen molar-refractivity contribution in [3.8, 4) is 0 Å². The quantitative estimate of drug-likeness (QED) is 0.825. The Morgan fingerprint density at radius 1 is 1.47 bits per heavy atom. The van der Waals surface area contributed by atoms with E-state index in [4.69, 9.17) is 5.11 Å². The van der Waals surface area contributed by atoms with Gasteiger partial charge in [-0.25, -0.2) is 8.78 Å². The maximum Gasteiger partial charge on any atom is 0.307 e. The van der Waals surface area contributed by atoms with Crippen LogP contribution in [0.1, 0.15) is 18.0 Å². The molecule has 1 aromatic rings. The van der Waals surface area contributed by atoms with Gasteiger partial charge in [-0.2, -0.15) is 0 Å². The summed E-state index contributed by atoms with van der Waals surface area (Å²) in [5.41, 5.74) is 0.294. The molecule has 0 spiro atoms. The number of nitrogens with one attached hydrogen (secondary N) is 1. The smallest absolute Gasteiger partial charge is 0.307 e. The second-order valence-electron chi connectivity index (χ2n) is 4.00. The van der Waals surface area contributed by atoms with Crippen molar-refractivity contribution in [2.24, 2.45) is 5.92 Å². The summed E-state index contributed by atoms with van der Waals surface area (Å²) in [7, 11) is 0. The zero-order valence-corrected chi connectivity index (χ0v) is 10.3. The molecule has 0 saturated carbocycles. The highest BCUT2D eigenvalue weighted by Gasteiger charge is 2.32. The van der Waals surface area contributed by atoms with Crippen molar-refractivity contribution in [1.82, 2.24) is 5.32 Å². The Hall–Kier alpha value is -1.01. The van der Waals surface area contributed by atoms with E-state index in [0.29, 0.717) is 18.5 Å². The van der Waals surface area contributed by atoms with E-state index in [0.717, 1.165) is 6.07 Å². The Bertz CT molecular complexity index is 467. The molecule has 1 aliphatic rings. The van der Waals surface area contributed by atoms with Crippen molar-refractivity contribution in [2.75, 3.05) is 6.54 Å². The van der Waals surface area contributed by atoms with E-state index >= 15 is 0 Å². The van der Waals surface area contributed by atoms with Gasteiger partial charge in [-0.3, -0.25) is 4.79 Å². The SMILES string of the molecule is O=C(O)C1CNC(c2ccc(F)c(Br)c2F)C1. The van der Waals surface area contributed by atoms with Crippen molar-refractivity contribution >= 4 is 21.9 Å². The van der Waals surface area contributed by atoms with Gasteiger partial charge in [-0.1, -0.05) is 6.07 Å². The second-order valence-corrected chi connectivity index (χ2v) is 4.79. The first-order valence-corrected chi connectivity index (χ1v) is 5.89. The average molecular weight is 306 g/mol. The molecular formula is C11H10BrF2NO2. The topological polar surface area (TPSA) is 49.3 Å². The van der Waals surface area contributed by atoms with Crippen LogP contribution in [0.3, 0.4) is 0 Å². The third kappa shape index (κ3) is 2.32. The number of hydrogen-bond acceptors (Lipinski definition) is 2. The monoisotopic (exact) mass is 305 g/mol. The predicted octanol–water partition coefficient (Wildman–Crippen LogP) is 2.46. The van der Waals surface area contributed by atoms with Crippen molar-refractivity contribution in [3.05, 3.63) is 33.8 Å². The lowest BCUT2D eigenvalue weighted by Gasteiger charge is -2.12. The van der Waals surface area contributed by atoms with Crippen LogP contribution in [0.5, 0.6) is 0 Å². The first-order valence-electron chi connectivity index (χ1n) is 5.10. The van der Waals surface area contributed by atoms with Crippen LogP contribution in [-0.4, -0.2) is 17.6 Å². The minimum atomic E-state index is -0.901. The Labute approximate surface area is 105 Å². The van der Waals surface area contributed by atoms with Gasteiger partial charge in [-0.05, 0) is 28.4 Å². The molecule has 2 N–H and O–H groups in total. The fourth-order valence-corrected chi connectivity index (χ4v) is 2.33. The Balaban J connectivity index is 2.25. The second kappa shape index (κ2) is 4.70. The molecule has 2 rings (SSSR count). The van der Waals surface area contributed by atoms with E-state index in [1.165, 1.54) is 6.07 Å². The molecule has 1 saturated heterocycles. The average Bonchev–Trinajstić information content (AvgIpc) is 2.75. The third-order valence-corrected chi connectivity index (χ3v) is 3.65. The zero-order valence-electron chi connectivity index (χ0n) is 8.71. The molecule has 0 aliphatic carbocycles. The molecule has 1 heterocycles. The summed E-state index contributed by atoms with van der Waals surface area (Å²) in [6, 6.07) is 2.13. The molecule has 1 aliphatic heterocycles. The van der Waals surface area contributed by atoms with E-state index in [1.807, 2.05) is 0 Å². The van der Waals surface area contributed by atoms with Crippen LogP contribution in [0.4, 0.5) is 8.78 Å². The van der Waals surface area contributed by atoms with Crippen molar-refractivity contribution < 1.29 is 18.7 Å². The lowest BCUT2D eigenvalue weighted by atomic mass is 10.00. The molecule has 17 heavy (non-hydrogen) atoms. The van der Waals surface area contributed by atoms with Gasteiger partial charge in [0.1, 0.15) is 11.6 Å². The summed E-state index contributed by atoms with van der Waals surface area (Å²) in [5, 5.41) is 11.8. The minimum absolute atomic E-state index is 0.212. The summed E-state index contributed by atoms with van der Waals surface area (Å²) in [6.07, 6.45) is 0.310. The van der Waals surface area contributed by atoms with Gasteiger partial charge in [0.15, 0.2) is 0 Å². The van der Waals surface area contributed by atoms with Crippen LogP contribution < -0.4 is 5.32 Å². The number of hydrogen-bond donors (Lipinski definition) is 2. The van der Waals surface area contributed by atoms with Crippen molar-refractivity contribution in [1.29, 1.82) is 0 Å². The lowest BCUT2D eigenvalue weighted by molar-refractivity contribution is -0.141. The summed E-state index contributed by atoms with van der Waals surface area (Å²) in [4.78, 5) is 10.8. The number of carboxylic acids is 1. The van der Waals surface area contributed by atoms with E-state index in [2.05, 4.69) is 21.2 Å². The van der Waals surface area contributed by atoms with E-state index < -0.39 is 23.5 Å². The molecule has 6 heteroatoms. The molecule has 92 valence electrons. The normalized spacial score (nSPS) is 23.9. The third-order valence-electron chi connectivity index (χ3n) is 2.92. The number of carboxylic acid groups (broad SMARTS) is 1. The Morgan fingerprint density at radius 2 is 2.18 bits per heavy atom. The van der Waals surface area contributed by atoms with Crippen LogP contribution in [0.2, 0.25) is 0 Å². The maximum absolute atomic E-state index is 13.8. The molecule has 1 fully saturated rings. The minimum Gasteiger partial charge on any atom is -0.481 e. The van der Waals surface area contributed by atoms with Crippen LogP contribution in [0.15, 0.2) is 16.6 Å². The molecule has 0 bridgehead atoms. The van der Waals surface area contributed by atoms with Gasteiger partial charge in [0.05, 0.1) is 10.4 Å². The Morgan fingerprint density at radius 3 is 2.76 bits per heavy atom. The maximum atomic E-state index is 13.8. The van der Waals surface area contributed by atoms with Crippen molar-refractivity contribution in [2.45, 2.75) is 12.5 Å². The lowest BCUT2D eigenvalue weighted by Crippen LogP contribution is -2.17. The van der Waals surface area contributed by atoms with Crippen molar-refractivity contribution in [3.63, 3.8) is 0 Å². The van der Waals surface area contributed by atoms with Crippen LogP contribution in [-0.2, 0) is 4.79 Å². The molecule has 0 amide bonds. The zero-order chi connectivity index (χ0) is 12.6. The molecule has 1 aromatic carbocycles. The van der Waals surface area contributed by atoms with Gasteiger partial charge < -0.3 is 10.4 Å². The molecule has 2 unspecified atom stereocenters. The summed E-state index contributed by atoms with van der Waals surface area (Å²) in [6.45, 7) is 0.300. The predicted molar refractivity (Wildman–Crippen MR) is 60.5 cm³/mol. The summed E-state index contributed by atoms with van der Waals surface area (Å²) < 4.78 is 26.6. The van der Waals surface area contributed by atoms with E-state index in [1.54, 1.807) is 0 Å². The number of halogens is 3. The highest BCUT2D eigenvalue weighted by molar-refractivity contribution is 9.10. The summed E-state index contributed by atoms with van der Waals surface area (Å²) in [5.74, 6) is -2.77. The van der Waals surface area contributed by atoms with Gasteiger partial charge in [-0.15, -0.1) is 0 Å². The fraction of sp³-hybridized carbons (Fsp3) is 0.364. The molecule has 3 nitrogen and oxygen atoms in total. The largest absolute Gasteiger partial charge is 0.481 e. The number of rotatable bonds is 2. The number of carbonyl (C=O) groups is 1. The van der Waals surface area contributed by atoms with Gasteiger partial charge >= 0.3 is 5.97 Å². The van der Waals surface area contributed by atoms with Crippen LogP contribution in [0, 0.1) is 17.6 Å². The van der Waals surface area contributed by atoms with Gasteiger partial charge in [0.25, 0.3) is 0 Å². The summed E-state index contributed by atoms with van der Waals surface area (Å²) >= 11 is 2.83. The molecular weight excluding hydrogens is 296 g/mol. The number of benzene rings is 1. The van der Waals surface area contributed by atoms with Crippen LogP contribution >= 0.6 is 15.9 Å². The van der Waals surface area contributed by atoms with E-state index in [9.17, 15) is 13.6 Å². The fourth-order valence-electron chi connectivity index (χ4n) is 1.97. The van der Waals surface area contributed by atoms with Gasteiger partial charge in [0, 0.05) is 18.2 Å².